The van der Waals surface area contributed by atoms with Crippen LogP contribution in [0.2, 0.25) is 0 Å². The Kier molecular flexibility index (Phi) is 1.74. The molecule has 52 valence electrons. The molecule has 0 heterocycles. The SMILES string of the molecule is C[C@@H]1CCC[C@@H]1C(=O)O. The van der Waals surface area contributed by atoms with E-state index in [2.05, 4.69) is 0 Å². The monoisotopic (exact) mass is 128 g/mol. The zero-order valence-corrected chi connectivity index (χ0v) is 5.63. The van der Waals surface area contributed by atoms with E-state index >= 15 is 0 Å². The first-order valence-corrected chi connectivity index (χ1v) is 3.44. The lowest BCUT2D eigenvalue weighted by Gasteiger charge is -2.07. The van der Waals surface area contributed by atoms with E-state index in [4.69, 9.17) is 5.11 Å². The highest BCUT2D eigenvalue weighted by Gasteiger charge is 2.28. The van der Waals surface area contributed by atoms with Gasteiger partial charge in [0.1, 0.15) is 0 Å². The second kappa shape index (κ2) is 2.38. The second-order valence-electron chi connectivity index (χ2n) is 2.85. The highest BCUT2D eigenvalue weighted by Crippen LogP contribution is 2.30. The number of carboxylic acid groups (broad SMARTS) is 1. The Balaban J connectivity index is 2.49. The van der Waals surface area contributed by atoms with Gasteiger partial charge in [0.25, 0.3) is 0 Å². The van der Waals surface area contributed by atoms with Crippen molar-refractivity contribution in [2.75, 3.05) is 0 Å². The molecule has 1 aliphatic carbocycles. The molecule has 0 aromatic heterocycles. The summed E-state index contributed by atoms with van der Waals surface area (Å²) in [6.45, 7) is 2.02. The topological polar surface area (TPSA) is 37.3 Å². The molecule has 2 atom stereocenters. The number of hydrogen-bond donors (Lipinski definition) is 1. The molecular weight excluding hydrogens is 116 g/mol. The van der Waals surface area contributed by atoms with Crippen molar-refractivity contribution in [1.29, 1.82) is 0 Å². The maximum Gasteiger partial charge on any atom is 0.306 e. The molecule has 0 aliphatic heterocycles. The van der Waals surface area contributed by atoms with Gasteiger partial charge in [0, 0.05) is 0 Å². The summed E-state index contributed by atoms with van der Waals surface area (Å²) in [4.78, 5) is 10.4. The molecule has 0 spiro atoms. The van der Waals surface area contributed by atoms with Gasteiger partial charge in [-0.1, -0.05) is 13.3 Å². The zero-order chi connectivity index (χ0) is 6.85. The van der Waals surface area contributed by atoms with Gasteiger partial charge in [-0.15, -0.1) is 0 Å². The van der Waals surface area contributed by atoms with Gasteiger partial charge < -0.3 is 5.11 Å². The summed E-state index contributed by atoms with van der Waals surface area (Å²) in [7, 11) is 0. The summed E-state index contributed by atoms with van der Waals surface area (Å²) in [5, 5.41) is 8.58. The molecule has 9 heavy (non-hydrogen) atoms. The quantitative estimate of drug-likeness (QED) is 0.581. The third-order valence-electron chi connectivity index (χ3n) is 2.18. The molecule has 0 aromatic carbocycles. The van der Waals surface area contributed by atoms with Gasteiger partial charge in [0.2, 0.25) is 0 Å². The minimum atomic E-state index is -0.611. The van der Waals surface area contributed by atoms with E-state index in [1.807, 2.05) is 6.92 Å². The predicted molar refractivity (Wildman–Crippen MR) is 34.1 cm³/mol. The first-order chi connectivity index (χ1) is 4.22. The third kappa shape index (κ3) is 1.23. The average molecular weight is 128 g/mol. The average Bonchev–Trinajstić information content (AvgIpc) is 2.13. The Morgan fingerprint density at radius 2 is 2.22 bits per heavy atom. The standard InChI is InChI=1S/C7H12O2/c1-5-3-2-4-6(5)7(8)9/h5-6H,2-4H2,1H3,(H,8,9)/t5-,6+/m1/s1. The summed E-state index contributed by atoms with van der Waals surface area (Å²) in [5.74, 6) is -0.257. The highest BCUT2D eigenvalue weighted by atomic mass is 16.4. The first-order valence-electron chi connectivity index (χ1n) is 3.44. The maximum absolute atomic E-state index is 10.4. The van der Waals surface area contributed by atoms with E-state index in [0.29, 0.717) is 5.92 Å². The van der Waals surface area contributed by atoms with E-state index in [1.54, 1.807) is 0 Å². The van der Waals surface area contributed by atoms with Crippen LogP contribution in [0.3, 0.4) is 0 Å². The number of hydrogen-bond acceptors (Lipinski definition) is 1. The fraction of sp³-hybridized carbons (Fsp3) is 0.857. The van der Waals surface area contributed by atoms with Gasteiger partial charge in [0.05, 0.1) is 5.92 Å². The van der Waals surface area contributed by atoms with Crippen LogP contribution in [0.4, 0.5) is 0 Å². The lowest BCUT2D eigenvalue weighted by Crippen LogP contribution is -2.15. The molecule has 0 bridgehead atoms. The molecule has 1 fully saturated rings. The molecule has 1 rings (SSSR count). The zero-order valence-electron chi connectivity index (χ0n) is 5.63. The molecule has 2 heteroatoms. The summed E-state index contributed by atoms with van der Waals surface area (Å²) in [6.07, 6.45) is 3.08. The second-order valence-corrected chi connectivity index (χ2v) is 2.85. The van der Waals surface area contributed by atoms with Gasteiger partial charge in [0.15, 0.2) is 0 Å². The number of carbonyl (C=O) groups is 1. The summed E-state index contributed by atoms with van der Waals surface area (Å²) in [6, 6.07) is 0. The minimum Gasteiger partial charge on any atom is -0.481 e. The minimum absolute atomic E-state index is 0.0509. The van der Waals surface area contributed by atoms with Crippen LogP contribution in [0, 0.1) is 11.8 Å². The van der Waals surface area contributed by atoms with E-state index in [0.717, 1.165) is 19.3 Å². The molecule has 1 N–H and O–H groups in total. The van der Waals surface area contributed by atoms with Crippen LogP contribution in [0.15, 0.2) is 0 Å². The smallest absolute Gasteiger partial charge is 0.306 e. The fourth-order valence-corrected chi connectivity index (χ4v) is 1.51. The summed E-state index contributed by atoms with van der Waals surface area (Å²) >= 11 is 0. The van der Waals surface area contributed by atoms with Crippen molar-refractivity contribution in [2.45, 2.75) is 26.2 Å². The Labute approximate surface area is 54.9 Å². The van der Waals surface area contributed by atoms with Crippen molar-refractivity contribution >= 4 is 5.97 Å². The lowest BCUT2D eigenvalue weighted by molar-refractivity contribution is -0.142. The molecular formula is C7H12O2. The van der Waals surface area contributed by atoms with E-state index in [9.17, 15) is 4.79 Å². The van der Waals surface area contributed by atoms with E-state index in [1.165, 1.54) is 0 Å². The largest absolute Gasteiger partial charge is 0.481 e. The lowest BCUT2D eigenvalue weighted by atomic mass is 9.99. The van der Waals surface area contributed by atoms with Gasteiger partial charge >= 0.3 is 5.97 Å². The van der Waals surface area contributed by atoms with Crippen molar-refractivity contribution in [3.8, 4) is 0 Å². The van der Waals surface area contributed by atoms with Crippen molar-refractivity contribution in [2.24, 2.45) is 11.8 Å². The van der Waals surface area contributed by atoms with E-state index in [-0.39, 0.29) is 5.92 Å². The maximum atomic E-state index is 10.4. The number of carboxylic acids is 1. The van der Waals surface area contributed by atoms with Crippen molar-refractivity contribution in [3.63, 3.8) is 0 Å². The molecule has 0 aromatic rings. The Hall–Kier alpha value is -0.530. The van der Waals surface area contributed by atoms with Gasteiger partial charge in [-0.25, -0.2) is 0 Å². The van der Waals surface area contributed by atoms with Crippen LogP contribution in [-0.2, 0) is 4.79 Å². The highest BCUT2D eigenvalue weighted by molar-refractivity contribution is 5.70. The number of rotatable bonds is 1. The molecule has 1 saturated carbocycles. The van der Waals surface area contributed by atoms with Crippen LogP contribution < -0.4 is 0 Å². The molecule has 0 radical (unpaired) electrons. The molecule has 0 saturated heterocycles. The van der Waals surface area contributed by atoms with Crippen LogP contribution in [-0.4, -0.2) is 11.1 Å². The van der Waals surface area contributed by atoms with Crippen molar-refractivity contribution in [1.82, 2.24) is 0 Å². The first kappa shape index (κ1) is 6.59. The van der Waals surface area contributed by atoms with E-state index < -0.39 is 5.97 Å². The molecule has 2 nitrogen and oxygen atoms in total. The Morgan fingerprint density at radius 1 is 1.56 bits per heavy atom. The number of aliphatic carboxylic acids is 1. The van der Waals surface area contributed by atoms with Crippen LogP contribution >= 0.6 is 0 Å². The van der Waals surface area contributed by atoms with Gasteiger partial charge in [-0.05, 0) is 18.8 Å². The molecule has 0 amide bonds. The fourth-order valence-electron chi connectivity index (χ4n) is 1.51. The Morgan fingerprint density at radius 3 is 2.44 bits per heavy atom. The Bertz CT molecular complexity index is 120. The van der Waals surface area contributed by atoms with Gasteiger partial charge in [-0.2, -0.15) is 0 Å². The molecule has 1 aliphatic rings. The van der Waals surface area contributed by atoms with Crippen LogP contribution in [0.1, 0.15) is 26.2 Å². The van der Waals surface area contributed by atoms with Crippen molar-refractivity contribution < 1.29 is 9.90 Å². The summed E-state index contributed by atoms with van der Waals surface area (Å²) in [5.41, 5.74) is 0. The normalized spacial score (nSPS) is 34.8. The molecule has 0 unspecified atom stereocenters. The third-order valence-corrected chi connectivity index (χ3v) is 2.18. The van der Waals surface area contributed by atoms with Crippen LogP contribution in [0.5, 0.6) is 0 Å². The van der Waals surface area contributed by atoms with Crippen molar-refractivity contribution in [3.05, 3.63) is 0 Å². The summed E-state index contributed by atoms with van der Waals surface area (Å²) < 4.78 is 0. The van der Waals surface area contributed by atoms with Crippen LogP contribution in [0.25, 0.3) is 0 Å². The predicted octanol–water partition coefficient (Wildman–Crippen LogP) is 1.51. The van der Waals surface area contributed by atoms with Gasteiger partial charge in [-0.3, -0.25) is 4.79 Å².